The van der Waals surface area contributed by atoms with E-state index in [2.05, 4.69) is 27.4 Å². The summed E-state index contributed by atoms with van der Waals surface area (Å²) >= 11 is 1.68. The second-order valence-electron chi connectivity index (χ2n) is 5.99. The topological polar surface area (TPSA) is 72.8 Å². The average molecular weight is 318 g/mol. The van der Waals surface area contributed by atoms with Gasteiger partial charge in [-0.05, 0) is 6.92 Å². The molecule has 0 saturated carbocycles. The molecule has 0 aliphatic heterocycles. The van der Waals surface area contributed by atoms with Crippen LogP contribution in [0.2, 0.25) is 0 Å². The molecule has 2 atom stereocenters. The molecule has 6 heteroatoms. The Morgan fingerprint density at radius 1 is 1.24 bits per heavy atom. The maximum atomic E-state index is 11.7. The van der Waals surface area contributed by atoms with Crippen LogP contribution in [0.5, 0.6) is 0 Å². The average Bonchev–Trinajstić information content (AvgIpc) is 2.38. The van der Waals surface area contributed by atoms with Crippen molar-refractivity contribution in [2.75, 3.05) is 19.0 Å². The third kappa shape index (κ3) is 10.4. The van der Waals surface area contributed by atoms with Crippen LogP contribution in [0.15, 0.2) is 12.2 Å². The summed E-state index contributed by atoms with van der Waals surface area (Å²) in [5.41, 5.74) is 0.257. The first-order valence-electron chi connectivity index (χ1n) is 6.84. The molecule has 0 heterocycles. The molecule has 5 nitrogen and oxygen atoms in total. The number of esters is 2. The first-order chi connectivity index (χ1) is 9.53. The molecule has 0 bridgehead atoms. The van der Waals surface area contributed by atoms with E-state index in [1.165, 1.54) is 6.92 Å². The minimum atomic E-state index is -1.03. The van der Waals surface area contributed by atoms with Crippen LogP contribution in [0.25, 0.3) is 0 Å². The Balaban J connectivity index is 3.96. The lowest BCUT2D eigenvalue weighted by Crippen LogP contribution is -2.28. The standard InChI is InChI=1S/C15H26O5S/c1-10(2)13(17)19-7-12(16)8-20-14(18)11(3)9-21-15(4,5)6/h11-12,16H,1,7-9H2,2-6H3. The van der Waals surface area contributed by atoms with Gasteiger partial charge in [0, 0.05) is 16.1 Å². The molecule has 0 aliphatic rings. The van der Waals surface area contributed by atoms with E-state index in [0.717, 1.165) is 0 Å². The zero-order chi connectivity index (χ0) is 16.6. The summed E-state index contributed by atoms with van der Waals surface area (Å²) in [6.45, 7) is 12.6. The molecule has 0 saturated heterocycles. The Labute approximate surface area is 131 Å². The van der Waals surface area contributed by atoms with E-state index in [1.807, 2.05) is 0 Å². The first kappa shape index (κ1) is 20.0. The van der Waals surface area contributed by atoms with Gasteiger partial charge in [0.2, 0.25) is 0 Å². The molecule has 0 amide bonds. The normalized spacial score (nSPS) is 14.2. The molecule has 0 spiro atoms. The molecule has 0 rings (SSSR count). The van der Waals surface area contributed by atoms with Gasteiger partial charge in [-0.15, -0.1) is 0 Å². The fourth-order valence-corrected chi connectivity index (χ4v) is 1.99. The van der Waals surface area contributed by atoms with Crippen LogP contribution in [0.1, 0.15) is 34.6 Å². The van der Waals surface area contributed by atoms with Crippen molar-refractivity contribution in [3.05, 3.63) is 12.2 Å². The number of carbonyl (C=O) groups excluding carboxylic acids is 2. The molecule has 122 valence electrons. The summed E-state index contributed by atoms with van der Waals surface area (Å²) in [6, 6.07) is 0. The minimum absolute atomic E-state index is 0.0881. The van der Waals surface area contributed by atoms with Gasteiger partial charge in [-0.1, -0.05) is 34.3 Å². The van der Waals surface area contributed by atoms with Crippen LogP contribution in [-0.2, 0) is 19.1 Å². The molecule has 0 fully saturated rings. The van der Waals surface area contributed by atoms with Crippen LogP contribution in [0.4, 0.5) is 0 Å². The maximum Gasteiger partial charge on any atom is 0.333 e. The van der Waals surface area contributed by atoms with E-state index >= 15 is 0 Å². The fraction of sp³-hybridized carbons (Fsp3) is 0.733. The predicted molar refractivity (Wildman–Crippen MR) is 84.1 cm³/mol. The van der Waals surface area contributed by atoms with E-state index in [1.54, 1.807) is 18.7 Å². The summed E-state index contributed by atoms with van der Waals surface area (Å²) < 4.78 is 9.86. The molecule has 0 aromatic heterocycles. The molecule has 0 aromatic rings. The Kier molecular flexibility index (Phi) is 8.66. The van der Waals surface area contributed by atoms with E-state index in [9.17, 15) is 14.7 Å². The molecule has 21 heavy (non-hydrogen) atoms. The summed E-state index contributed by atoms with van der Waals surface area (Å²) in [5.74, 6) is -0.532. The Hall–Kier alpha value is -1.01. The molecule has 0 radical (unpaired) electrons. The fourth-order valence-electron chi connectivity index (χ4n) is 1.11. The predicted octanol–water partition coefficient (Wildman–Crippen LogP) is 2.18. The second-order valence-corrected chi connectivity index (χ2v) is 7.83. The van der Waals surface area contributed by atoms with Crippen LogP contribution >= 0.6 is 11.8 Å². The van der Waals surface area contributed by atoms with Crippen molar-refractivity contribution in [2.45, 2.75) is 45.5 Å². The van der Waals surface area contributed by atoms with Crippen LogP contribution in [-0.4, -0.2) is 46.9 Å². The molecule has 0 aliphatic carbocycles. The van der Waals surface area contributed by atoms with Crippen LogP contribution in [0.3, 0.4) is 0 Å². The van der Waals surface area contributed by atoms with E-state index in [0.29, 0.717) is 5.75 Å². The zero-order valence-corrected chi connectivity index (χ0v) is 14.3. The van der Waals surface area contributed by atoms with Gasteiger partial charge in [-0.3, -0.25) is 4.79 Å². The Morgan fingerprint density at radius 3 is 2.24 bits per heavy atom. The van der Waals surface area contributed by atoms with Gasteiger partial charge >= 0.3 is 11.9 Å². The van der Waals surface area contributed by atoms with Crippen molar-refractivity contribution >= 4 is 23.7 Å². The van der Waals surface area contributed by atoms with E-state index < -0.39 is 12.1 Å². The van der Waals surface area contributed by atoms with Crippen LogP contribution in [0, 0.1) is 5.92 Å². The number of hydrogen-bond acceptors (Lipinski definition) is 6. The van der Waals surface area contributed by atoms with Gasteiger partial charge in [0.15, 0.2) is 0 Å². The monoisotopic (exact) mass is 318 g/mol. The first-order valence-corrected chi connectivity index (χ1v) is 7.82. The smallest absolute Gasteiger partial charge is 0.333 e. The Morgan fingerprint density at radius 2 is 1.76 bits per heavy atom. The summed E-state index contributed by atoms with van der Waals surface area (Å²) in [5, 5.41) is 9.58. The van der Waals surface area contributed by atoms with E-state index in [-0.39, 0.29) is 35.4 Å². The lowest BCUT2D eigenvalue weighted by molar-refractivity contribution is -0.153. The number of aliphatic hydroxyl groups is 1. The number of ether oxygens (including phenoxy) is 2. The van der Waals surface area contributed by atoms with Crippen molar-refractivity contribution in [2.24, 2.45) is 5.92 Å². The molecule has 2 unspecified atom stereocenters. The third-order valence-electron chi connectivity index (χ3n) is 2.34. The van der Waals surface area contributed by atoms with Crippen molar-refractivity contribution < 1.29 is 24.2 Å². The summed E-state index contributed by atoms with van der Waals surface area (Å²) in [7, 11) is 0. The minimum Gasteiger partial charge on any atom is -0.463 e. The Bertz CT molecular complexity index is 373. The number of aliphatic hydroxyl groups excluding tert-OH is 1. The molecule has 0 aromatic carbocycles. The number of hydrogen-bond donors (Lipinski definition) is 1. The lowest BCUT2D eigenvalue weighted by atomic mass is 10.2. The van der Waals surface area contributed by atoms with Gasteiger partial charge in [0.1, 0.15) is 19.3 Å². The van der Waals surface area contributed by atoms with Crippen LogP contribution < -0.4 is 0 Å². The van der Waals surface area contributed by atoms with Gasteiger partial charge in [0.25, 0.3) is 0 Å². The maximum absolute atomic E-state index is 11.7. The third-order valence-corrected chi connectivity index (χ3v) is 3.87. The SMILES string of the molecule is C=C(C)C(=O)OCC(O)COC(=O)C(C)CSC(C)(C)C. The highest BCUT2D eigenvalue weighted by Gasteiger charge is 2.20. The molecular formula is C15H26O5S. The highest BCUT2D eigenvalue weighted by atomic mass is 32.2. The lowest BCUT2D eigenvalue weighted by Gasteiger charge is -2.20. The van der Waals surface area contributed by atoms with Gasteiger partial charge < -0.3 is 14.6 Å². The molecular weight excluding hydrogens is 292 g/mol. The molecule has 1 N–H and O–H groups in total. The second kappa shape index (κ2) is 9.10. The highest BCUT2D eigenvalue weighted by molar-refractivity contribution is 8.00. The number of carbonyl (C=O) groups is 2. The number of thioether (sulfide) groups is 1. The quantitative estimate of drug-likeness (QED) is 0.546. The zero-order valence-electron chi connectivity index (χ0n) is 13.5. The summed E-state index contributed by atoms with van der Waals surface area (Å²) in [4.78, 5) is 22.9. The van der Waals surface area contributed by atoms with Crippen molar-refractivity contribution in [3.8, 4) is 0 Å². The van der Waals surface area contributed by atoms with Crippen molar-refractivity contribution in [3.63, 3.8) is 0 Å². The summed E-state index contributed by atoms with van der Waals surface area (Å²) in [6.07, 6.45) is -1.03. The van der Waals surface area contributed by atoms with Gasteiger partial charge in [-0.25, -0.2) is 4.79 Å². The largest absolute Gasteiger partial charge is 0.463 e. The van der Waals surface area contributed by atoms with Gasteiger partial charge in [-0.2, -0.15) is 11.8 Å². The van der Waals surface area contributed by atoms with E-state index in [4.69, 9.17) is 9.47 Å². The van der Waals surface area contributed by atoms with Crippen molar-refractivity contribution in [1.82, 2.24) is 0 Å². The highest BCUT2D eigenvalue weighted by Crippen LogP contribution is 2.25. The van der Waals surface area contributed by atoms with Crippen molar-refractivity contribution in [1.29, 1.82) is 0 Å². The van der Waals surface area contributed by atoms with Gasteiger partial charge in [0.05, 0.1) is 5.92 Å². The number of rotatable bonds is 8.